The first-order valence-electron chi connectivity index (χ1n) is 6.68. The largest absolute Gasteiger partial charge is 0.340 e. The van der Waals surface area contributed by atoms with Crippen molar-refractivity contribution in [3.63, 3.8) is 0 Å². The van der Waals surface area contributed by atoms with Crippen molar-refractivity contribution >= 4 is 5.91 Å². The van der Waals surface area contributed by atoms with Gasteiger partial charge in [0.25, 0.3) is 0 Å². The van der Waals surface area contributed by atoms with Crippen molar-refractivity contribution in [3.8, 4) is 6.07 Å². The maximum absolute atomic E-state index is 12.2. The van der Waals surface area contributed by atoms with Crippen molar-refractivity contribution in [2.24, 2.45) is 5.92 Å². The van der Waals surface area contributed by atoms with Gasteiger partial charge in [0.2, 0.25) is 5.91 Å². The quantitative estimate of drug-likeness (QED) is 0.788. The zero-order valence-corrected chi connectivity index (χ0v) is 12.1. The molecule has 104 valence electrons. The van der Waals surface area contributed by atoms with Crippen LogP contribution >= 0.6 is 0 Å². The van der Waals surface area contributed by atoms with E-state index >= 15 is 0 Å². The first kappa shape index (κ1) is 15.2. The van der Waals surface area contributed by atoms with Crippen LogP contribution in [0.4, 0.5) is 0 Å². The Morgan fingerprint density at radius 3 is 2.74 bits per heavy atom. The van der Waals surface area contributed by atoms with Gasteiger partial charge >= 0.3 is 0 Å². The van der Waals surface area contributed by atoms with Gasteiger partial charge in [0.15, 0.2) is 0 Å². The summed E-state index contributed by atoms with van der Waals surface area (Å²) in [6.07, 6.45) is 3.55. The molecule has 0 radical (unpaired) electrons. The van der Waals surface area contributed by atoms with Gasteiger partial charge in [-0.15, -0.1) is 0 Å². The fourth-order valence-corrected chi connectivity index (χ4v) is 1.98. The maximum atomic E-state index is 12.2. The predicted molar refractivity (Wildman–Crippen MR) is 73.3 cm³/mol. The lowest BCUT2D eigenvalue weighted by Gasteiger charge is -2.22. The van der Waals surface area contributed by atoms with E-state index in [4.69, 9.17) is 5.26 Å². The monoisotopic (exact) mass is 262 g/mol. The van der Waals surface area contributed by atoms with Crippen LogP contribution in [0, 0.1) is 17.2 Å². The third-order valence-corrected chi connectivity index (χ3v) is 3.02. The van der Waals surface area contributed by atoms with E-state index in [1.165, 1.54) is 0 Å². The van der Waals surface area contributed by atoms with Crippen LogP contribution in [0.2, 0.25) is 0 Å². The van der Waals surface area contributed by atoms with Crippen molar-refractivity contribution in [1.82, 2.24) is 14.5 Å². The minimum absolute atomic E-state index is 0.0319. The molecule has 0 unspecified atom stereocenters. The Labute approximate surface area is 114 Å². The Balaban J connectivity index is 2.72. The summed E-state index contributed by atoms with van der Waals surface area (Å²) in [6, 6.07) is 2.16. The van der Waals surface area contributed by atoms with Crippen LogP contribution in [0.3, 0.4) is 0 Å². The van der Waals surface area contributed by atoms with Gasteiger partial charge in [-0.25, -0.2) is 4.98 Å². The number of imidazole rings is 1. The van der Waals surface area contributed by atoms with E-state index in [9.17, 15) is 4.79 Å². The average molecular weight is 262 g/mol. The first-order valence-corrected chi connectivity index (χ1v) is 6.68. The highest BCUT2D eigenvalue weighted by atomic mass is 16.2. The van der Waals surface area contributed by atoms with Crippen molar-refractivity contribution in [2.75, 3.05) is 13.1 Å². The van der Waals surface area contributed by atoms with Crippen LogP contribution in [0.1, 0.15) is 39.4 Å². The molecular weight excluding hydrogens is 240 g/mol. The van der Waals surface area contributed by atoms with Gasteiger partial charge in [-0.3, -0.25) is 4.79 Å². The Kier molecular flexibility index (Phi) is 5.56. The number of nitriles is 1. The Morgan fingerprint density at radius 1 is 1.53 bits per heavy atom. The summed E-state index contributed by atoms with van der Waals surface area (Å²) < 4.78 is 1.88. The molecule has 0 aromatic carbocycles. The second kappa shape index (κ2) is 6.93. The van der Waals surface area contributed by atoms with Crippen molar-refractivity contribution in [3.05, 3.63) is 18.2 Å². The van der Waals surface area contributed by atoms with Crippen LogP contribution < -0.4 is 0 Å². The number of likely N-dealkylation sites (N-methyl/N-ethyl adjacent to an activating group) is 1. The maximum Gasteiger partial charge on any atom is 0.242 e. The van der Waals surface area contributed by atoms with E-state index < -0.39 is 0 Å². The summed E-state index contributed by atoms with van der Waals surface area (Å²) in [5, 5.41) is 8.83. The zero-order chi connectivity index (χ0) is 14.4. The number of hydrogen-bond donors (Lipinski definition) is 0. The van der Waals surface area contributed by atoms with Crippen molar-refractivity contribution < 1.29 is 4.79 Å². The summed E-state index contributed by atoms with van der Waals surface area (Å²) >= 11 is 0. The molecule has 0 N–H and O–H groups in total. The average Bonchev–Trinajstić information content (AvgIpc) is 2.83. The van der Waals surface area contributed by atoms with Crippen molar-refractivity contribution in [2.45, 2.75) is 40.2 Å². The van der Waals surface area contributed by atoms with Crippen LogP contribution in [0.25, 0.3) is 0 Å². The fraction of sp³-hybridized carbons (Fsp3) is 0.643. The SMILES string of the molecule is CCN(C[C@@H](C)C#N)C(=O)Cn1ccnc1C(C)C. The molecule has 1 rings (SSSR count). The first-order chi connectivity index (χ1) is 8.99. The number of nitrogens with zero attached hydrogens (tertiary/aromatic N) is 4. The summed E-state index contributed by atoms with van der Waals surface area (Å²) in [4.78, 5) is 18.2. The molecule has 5 heteroatoms. The number of rotatable bonds is 6. The van der Waals surface area contributed by atoms with Gasteiger partial charge in [0.05, 0.1) is 12.0 Å². The minimum Gasteiger partial charge on any atom is -0.340 e. The molecule has 0 spiro atoms. The third-order valence-electron chi connectivity index (χ3n) is 3.02. The molecule has 0 aliphatic carbocycles. The second-order valence-electron chi connectivity index (χ2n) is 5.03. The summed E-state index contributed by atoms with van der Waals surface area (Å²) in [5.74, 6) is 1.09. The zero-order valence-electron chi connectivity index (χ0n) is 12.1. The Bertz CT molecular complexity index is 458. The summed E-state index contributed by atoms with van der Waals surface area (Å²) in [6.45, 7) is 9.26. The number of amides is 1. The molecular formula is C14H22N4O. The molecule has 1 amide bonds. The predicted octanol–water partition coefficient (Wildman–Crippen LogP) is 2.01. The topological polar surface area (TPSA) is 61.9 Å². The summed E-state index contributed by atoms with van der Waals surface area (Å²) in [7, 11) is 0. The number of aromatic nitrogens is 2. The number of hydrogen-bond acceptors (Lipinski definition) is 3. The lowest BCUT2D eigenvalue weighted by molar-refractivity contribution is -0.132. The molecule has 0 fully saturated rings. The van der Waals surface area contributed by atoms with E-state index in [0.29, 0.717) is 19.6 Å². The molecule has 1 heterocycles. The van der Waals surface area contributed by atoms with Gasteiger partial charge in [-0.1, -0.05) is 13.8 Å². The Hall–Kier alpha value is -1.83. The van der Waals surface area contributed by atoms with Gasteiger partial charge in [-0.2, -0.15) is 5.26 Å². The van der Waals surface area contributed by atoms with Crippen molar-refractivity contribution in [1.29, 1.82) is 5.26 Å². The normalized spacial score (nSPS) is 12.2. The molecule has 5 nitrogen and oxygen atoms in total. The number of carbonyl (C=O) groups is 1. The summed E-state index contributed by atoms with van der Waals surface area (Å²) in [5.41, 5.74) is 0. The molecule has 1 aromatic rings. The molecule has 0 bridgehead atoms. The second-order valence-corrected chi connectivity index (χ2v) is 5.03. The molecule has 0 saturated heterocycles. The van der Waals surface area contributed by atoms with Gasteiger partial charge in [-0.05, 0) is 13.8 Å². The van der Waals surface area contributed by atoms with Gasteiger partial charge in [0, 0.05) is 31.4 Å². The molecule has 1 aromatic heterocycles. The van der Waals surface area contributed by atoms with Gasteiger partial charge < -0.3 is 9.47 Å². The van der Waals surface area contributed by atoms with Crippen LogP contribution in [0.5, 0.6) is 0 Å². The van der Waals surface area contributed by atoms with Gasteiger partial charge in [0.1, 0.15) is 12.4 Å². The minimum atomic E-state index is -0.142. The molecule has 1 atom stereocenters. The standard InChI is InChI=1S/C14H22N4O/c1-5-17(9-12(4)8-15)13(19)10-18-7-6-16-14(18)11(2)3/h6-7,11-12H,5,9-10H2,1-4H3/t12-/m0/s1. The highest BCUT2D eigenvalue weighted by Gasteiger charge is 2.17. The van der Waals surface area contributed by atoms with E-state index in [1.54, 1.807) is 11.1 Å². The van der Waals surface area contributed by atoms with E-state index in [-0.39, 0.29) is 17.7 Å². The molecule has 0 aliphatic heterocycles. The lowest BCUT2D eigenvalue weighted by atomic mass is 10.2. The fourth-order valence-electron chi connectivity index (χ4n) is 1.98. The van der Waals surface area contributed by atoms with E-state index in [1.807, 2.05) is 24.6 Å². The highest BCUT2D eigenvalue weighted by molar-refractivity contribution is 5.76. The highest BCUT2D eigenvalue weighted by Crippen LogP contribution is 2.12. The smallest absolute Gasteiger partial charge is 0.242 e. The third kappa shape index (κ3) is 4.09. The van der Waals surface area contributed by atoms with Crippen LogP contribution in [-0.2, 0) is 11.3 Å². The lowest BCUT2D eigenvalue weighted by Crippen LogP contribution is -2.36. The molecule has 19 heavy (non-hydrogen) atoms. The number of carbonyl (C=O) groups excluding carboxylic acids is 1. The van der Waals surface area contributed by atoms with E-state index in [0.717, 1.165) is 5.82 Å². The van der Waals surface area contributed by atoms with Crippen LogP contribution in [0.15, 0.2) is 12.4 Å². The molecule has 0 saturated carbocycles. The molecule has 0 aliphatic rings. The van der Waals surface area contributed by atoms with E-state index in [2.05, 4.69) is 24.9 Å². The Morgan fingerprint density at radius 2 is 2.21 bits per heavy atom. The van der Waals surface area contributed by atoms with Crippen LogP contribution in [-0.4, -0.2) is 33.4 Å².